The zero-order valence-electron chi connectivity index (χ0n) is 10.7. The molecule has 0 aliphatic rings. The van der Waals surface area contributed by atoms with E-state index in [1.807, 2.05) is 24.4 Å². The van der Waals surface area contributed by atoms with Gasteiger partial charge >= 0.3 is 0 Å². The van der Waals surface area contributed by atoms with Gasteiger partial charge in [-0.05, 0) is 17.9 Å². The highest BCUT2D eigenvalue weighted by molar-refractivity contribution is 7.86. The van der Waals surface area contributed by atoms with Crippen LogP contribution in [0, 0.1) is 0 Å². The summed E-state index contributed by atoms with van der Waals surface area (Å²) in [6.07, 6.45) is 0.451. The Bertz CT molecular complexity index is 431. The molecule has 0 bridgehead atoms. The van der Waals surface area contributed by atoms with Crippen LogP contribution in [0.5, 0.6) is 0 Å². The van der Waals surface area contributed by atoms with Gasteiger partial charge in [-0.25, -0.2) is 0 Å². The molecule has 1 rings (SSSR count). The molecule has 1 heterocycles. The summed E-state index contributed by atoms with van der Waals surface area (Å²) in [6.45, 7) is 2.99. The third kappa shape index (κ3) is 4.03. The number of hydrogen-bond acceptors (Lipinski definition) is 4. The maximum atomic E-state index is 12.3. The number of aliphatic hydroxyl groups is 1. The Hall–Kier alpha value is -0.470. The van der Waals surface area contributed by atoms with Crippen molar-refractivity contribution in [2.24, 2.45) is 0 Å². The van der Waals surface area contributed by atoms with Crippen LogP contribution < -0.4 is 0 Å². The molecule has 0 spiro atoms. The lowest BCUT2D eigenvalue weighted by Crippen LogP contribution is -2.41. The van der Waals surface area contributed by atoms with Crippen LogP contribution in [0.2, 0.25) is 0 Å². The van der Waals surface area contributed by atoms with Gasteiger partial charge in [-0.2, -0.15) is 17.0 Å². The standard InChI is InChI=1S/C11H20N2O3S2/c1-3-13(10-11-6-4-9-17-11)18(15,16)12(2)7-5-8-14/h4,6,9,14H,3,5,7-8,10H2,1-2H3. The maximum absolute atomic E-state index is 12.3. The molecule has 0 unspecified atom stereocenters. The highest BCUT2D eigenvalue weighted by Gasteiger charge is 2.25. The van der Waals surface area contributed by atoms with Crippen molar-refractivity contribution in [2.75, 3.05) is 26.7 Å². The lowest BCUT2D eigenvalue weighted by molar-refractivity contribution is 0.271. The zero-order chi connectivity index (χ0) is 13.6. The average Bonchev–Trinajstić information content (AvgIpc) is 2.85. The predicted octanol–water partition coefficient (Wildman–Crippen LogP) is 1.13. The van der Waals surface area contributed by atoms with E-state index < -0.39 is 10.2 Å². The molecular weight excluding hydrogens is 272 g/mol. The summed E-state index contributed by atoms with van der Waals surface area (Å²) in [6, 6.07) is 3.84. The van der Waals surface area contributed by atoms with Gasteiger partial charge in [-0.3, -0.25) is 0 Å². The summed E-state index contributed by atoms with van der Waals surface area (Å²) in [7, 11) is -1.89. The van der Waals surface area contributed by atoms with Crippen molar-refractivity contribution in [3.8, 4) is 0 Å². The maximum Gasteiger partial charge on any atom is 0.282 e. The summed E-state index contributed by atoms with van der Waals surface area (Å²) < 4.78 is 27.3. The highest BCUT2D eigenvalue weighted by atomic mass is 32.2. The molecule has 1 aromatic heterocycles. The van der Waals surface area contributed by atoms with Gasteiger partial charge in [0.25, 0.3) is 10.2 Å². The summed E-state index contributed by atoms with van der Waals surface area (Å²) in [5.41, 5.74) is 0. The van der Waals surface area contributed by atoms with E-state index in [4.69, 9.17) is 5.11 Å². The quantitative estimate of drug-likeness (QED) is 0.781. The molecule has 0 fully saturated rings. The van der Waals surface area contributed by atoms with Crippen molar-refractivity contribution in [3.63, 3.8) is 0 Å². The van der Waals surface area contributed by atoms with Gasteiger partial charge in [0, 0.05) is 38.2 Å². The number of rotatable bonds is 8. The normalized spacial score (nSPS) is 12.5. The fraction of sp³-hybridized carbons (Fsp3) is 0.636. The molecule has 5 nitrogen and oxygen atoms in total. The minimum absolute atomic E-state index is 0.00307. The predicted molar refractivity (Wildman–Crippen MR) is 73.7 cm³/mol. The zero-order valence-corrected chi connectivity index (χ0v) is 12.4. The van der Waals surface area contributed by atoms with Gasteiger partial charge in [0.05, 0.1) is 0 Å². The van der Waals surface area contributed by atoms with E-state index in [0.717, 1.165) is 4.88 Å². The molecule has 0 aliphatic carbocycles. The van der Waals surface area contributed by atoms with Gasteiger partial charge in [-0.1, -0.05) is 13.0 Å². The first-order chi connectivity index (χ1) is 8.52. The van der Waals surface area contributed by atoms with Crippen LogP contribution in [-0.2, 0) is 16.8 Å². The average molecular weight is 292 g/mol. The van der Waals surface area contributed by atoms with Crippen LogP contribution in [0.1, 0.15) is 18.2 Å². The molecule has 7 heteroatoms. The molecule has 0 saturated heterocycles. The minimum Gasteiger partial charge on any atom is -0.396 e. The van der Waals surface area contributed by atoms with E-state index in [0.29, 0.717) is 26.1 Å². The van der Waals surface area contributed by atoms with Crippen molar-refractivity contribution >= 4 is 21.5 Å². The summed E-state index contributed by atoms with van der Waals surface area (Å²) >= 11 is 1.55. The molecular formula is C11H20N2O3S2. The number of nitrogens with zero attached hydrogens (tertiary/aromatic N) is 2. The second kappa shape index (κ2) is 7.20. The van der Waals surface area contributed by atoms with Crippen molar-refractivity contribution in [1.82, 2.24) is 8.61 Å². The fourth-order valence-corrected chi connectivity index (χ4v) is 3.72. The lowest BCUT2D eigenvalue weighted by atomic mass is 10.4. The molecule has 1 aromatic rings. The molecule has 0 atom stereocenters. The van der Waals surface area contributed by atoms with E-state index in [-0.39, 0.29) is 6.61 Å². The topological polar surface area (TPSA) is 60.9 Å². The van der Waals surface area contributed by atoms with E-state index in [1.165, 1.54) is 8.61 Å². The van der Waals surface area contributed by atoms with Crippen LogP contribution in [-0.4, -0.2) is 48.9 Å². The van der Waals surface area contributed by atoms with Gasteiger partial charge < -0.3 is 5.11 Å². The van der Waals surface area contributed by atoms with E-state index in [1.54, 1.807) is 18.4 Å². The van der Waals surface area contributed by atoms with Gasteiger partial charge in [0.2, 0.25) is 0 Å². The van der Waals surface area contributed by atoms with Crippen LogP contribution in [0.25, 0.3) is 0 Å². The number of thiophene rings is 1. The number of aliphatic hydroxyl groups excluding tert-OH is 1. The molecule has 0 aliphatic heterocycles. The van der Waals surface area contributed by atoms with E-state index >= 15 is 0 Å². The van der Waals surface area contributed by atoms with Crippen LogP contribution in [0.4, 0.5) is 0 Å². The Morgan fingerprint density at radius 3 is 2.67 bits per heavy atom. The van der Waals surface area contributed by atoms with Crippen LogP contribution in [0.15, 0.2) is 17.5 Å². The first-order valence-corrected chi connectivity index (χ1v) is 8.14. The SMILES string of the molecule is CCN(Cc1cccs1)S(=O)(=O)N(C)CCCO. The summed E-state index contributed by atoms with van der Waals surface area (Å²) in [5.74, 6) is 0. The molecule has 0 aromatic carbocycles. The van der Waals surface area contributed by atoms with E-state index in [9.17, 15) is 8.42 Å². The summed E-state index contributed by atoms with van der Waals surface area (Å²) in [4.78, 5) is 1.02. The van der Waals surface area contributed by atoms with E-state index in [2.05, 4.69) is 0 Å². The molecule has 18 heavy (non-hydrogen) atoms. The molecule has 0 saturated carbocycles. The Morgan fingerprint density at radius 2 is 2.17 bits per heavy atom. The highest BCUT2D eigenvalue weighted by Crippen LogP contribution is 2.16. The van der Waals surface area contributed by atoms with Gasteiger partial charge in [0.1, 0.15) is 0 Å². The third-order valence-corrected chi connectivity index (χ3v) is 5.49. The van der Waals surface area contributed by atoms with Crippen molar-refractivity contribution in [2.45, 2.75) is 19.9 Å². The molecule has 0 amide bonds. The van der Waals surface area contributed by atoms with Crippen molar-refractivity contribution in [3.05, 3.63) is 22.4 Å². The molecule has 1 N–H and O–H groups in total. The van der Waals surface area contributed by atoms with Gasteiger partial charge in [0.15, 0.2) is 0 Å². The fourth-order valence-electron chi connectivity index (χ4n) is 1.54. The first-order valence-electron chi connectivity index (χ1n) is 5.87. The van der Waals surface area contributed by atoms with Crippen LogP contribution >= 0.6 is 11.3 Å². The second-order valence-corrected chi connectivity index (χ2v) is 6.98. The monoisotopic (exact) mass is 292 g/mol. The van der Waals surface area contributed by atoms with Crippen LogP contribution in [0.3, 0.4) is 0 Å². The third-order valence-electron chi connectivity index (χ3n) is 2.62. The minimum atomic E-state index is -3.44. The molecule has 104 valence electrons. The lowest BCUT2D eigenvalue weighted by Gasteiger charge is -2.26. The first kappa shape index (κ1) is 15.6. The number of hydrogen-bond donors (Lipinski definition) is 1. The van der Waals surface area contributed by atoms with Crippen molar-refractivity contribution < 1.29 is 13.5 Å². The Labute approximate surface area is 113 Å². The van der Waals surface area contributed by atoms with Gasteiger partial charge in [-0.15, -0.1) is 11.3 Å². The largest absolute Gasteiger partial charge is 0.396 e. The summed E-state index contributed by atoms with van der Waals surface area (Å²) in [5, 5.41) is 10.7. The molecule has 0 radical (unpaired) electrons. The smallest absolute Gasteiger partial charge is 0.282 e. The Kier molecular flexibility index (Phi) is 6.24. The van der Waals surface area contributed by atoms with Crippen molar-refractivity contribution in [1.29, 1.82) is 0 Å². The Balaban J connectivity index is 2.73. The Morgan fingerprint density at radius 1 is 1.44 bits per heavy atom. The second-order valence-electron chi connectivity index (χ2n) is 3.91.